The molecule has 67 heavy (non-hydrogen) atoms. The van der Waals surface area contributed by atoms with E-state index in [1.807, 2.05) is 36.4 Å². The first-order valence-electron chi connectivity index (χ1n) is 23.3. The topological polar surface area (TPSA) is 130 Å². The third-order valence-corrected chi connectivity index (χ3v) is 10.0. The number of rotatable bonds is 32. The Labute approximate surface area is 424 Å². The summed E-state index contributed by atoms with van der Waals surface area (Å²) in [6.07, 6.45) is 64.9. The van der Waals surface area contributed by atoms with E-state index in [2.05, 4.69) is 135 Å². The molecule has 0 heterocycles. The van der Waals surface area contributed by atoms with Crippen molar-refractivity contribution in [3.63, 3.8) is 0 Å². The van der Waals surface area contributed by atoms with Gasteiger partial charge in [0, 0.05) is 17.9 Å². The molecule has 0 amide bonds. The summed E-state index contributed by atoms with van der Waals surface area (Å²) in [7, 11) is 0. The maximum absolute atomic E-state index is 10.8. The van der Waals surface area contributed by atoms with Gasteiger partial charge >= 0.3 is 17.4 Å². The third kappa shape index (κ3) is 42.5. The van der Waals surface area contributed by atoms with E-state index in [9.17, 15) is 29.7 Å². The number of carboxylic acids is 3. The van der Waals surface area contributed by atoms with Crippen LogP contribution in [0, 0.1) is 0 Å². The molecule has 1 aromatic carbocycles. The molecule has 0 aliphatic heterocycles. The predicted octanol–water partition coefficient (Wildman–Crippen LogP) is 12.3. The van der Waals surface area contributed by atoms with Gasteiger partial charge in [-0.1, -0.05) is 172 Å². The number of benzene rings is 1. The minimum absolute atomic E-state index is 0. The van der Waals surface area contributed by atoms with Gasteiger partial charge in [-0.25, -0.2) is 0 Å². The van der Waals surface area contributed by atoms with Gasteiger partial charge in [0.15, 0.2) is 0 Å². The van der Waals surface area contributed by atoms with E-state index in [4.69, 9.17) is 27.9 Å². The number of carbonyl (C=O) groups is 3. The van der Waals surface area contributed by atoms with Crippen LogP contribution >= 0.6 is 23.2 Å². The number of carboxylic acid groups (broad SMARTS) is 3. The van der Waals surface area contributed by atoms with Crippen molar-refractivity contribution < 1.29 is 34.4 Å². The minimum atomic E-state index is -1.36. The molecule has 1 atom stereocenters. The van der Waals surface area contributed by atoms with Gasteiger partial charge in [0.25, 0.3) is 0 Å². The first-order valence-corrected chi connectivity index (χ1v) is 24.1. The molecule has 0 radical (unpaired) electrons. The molecule has 1 aromatic rings. The third-order valence-electron chi connectivity index (χ3n) is 9.20. The normalized spacial score (nSPS) is 15.1. The molecule has 10 heteroatoms. The Morgan fingerprint density at radius 3 is 1.00 bits per heavy atom. The molecule has 7 nitrogen and oxygen atoms in total. The molecule has 1 fully saturated rings. The zero-order valence-corrected chi connectivity index (χ0v) is 43.1. The van der Waals surface area contributed by atoms with Crippen molar-refractivity contribution in [3.8, 4) is 5.75 Å². The summed E-state index contributed by atoms with van der Waals surface area (Å²) in [5.41, 5.74) is -0.331. The molecule has 0 N–H and O–H groups in total. The monoisotopic (exact) mass is 968 g/mol. The second-order valence-electron chi connectivity index (χ2n) is 15.6. The first kappa shape index (κ1) is 64.5. The van der Waals surface area contributed by atoms with E-state index in [1.54, 1.807) is 12.1 Å². The predicted molar refractivity (Wildman–Crippen MR) is 279 cm³/mol. The van der Waals surface area contributed by atoms with Crippen LogP contribution in [0.5, 0.6) is 5.75 Å². The van der Waals surface area contributed by atoms with Gasteiger partial charge in [-0.05, 0) is 141 Å². The number of hydrogen-bond acceptors (Lipinski definition) is 7. The molecule has 362 valence electrons. The van der Waals surface area contributed by atoms with Crippen LogP contribution in [0.2, 0.25) is 0 Å². The van der Waals surface area contributed by atoms with Crippen LogP contribution in [0.25, 0.3) is 0 Å². The zero-order chi connectivity index (χ0) is 49.0. The van der Waals surface area contributed by atoms with E-state index >= 15 is 0 Å². The number of ether oxygens (including phenoxy) is 1. The Hall–Kier alpha value is -4.58. The Morgan fingerprint density at radius 2 is 0.776 bits per heavy atom. The Morgan fingerprint density at radius 1 is 0.522 bits per heavy atom. The largest absolute Gasteiger partial charge is 3.00 e. The Balaban J connectivity index is 0. The van der Waals surface area contributed by atoms with Crippen LogP contribution in [0.3, 0.4) is 0 Å². The Bertz CT molecular complexity index is 1740. The van der Waals surface area contributed by atoms with Crippen LogP contribution in [0.4, 0.5) is 0 Å². The average molecular weight is 970 g/mol. The first-order chi connectivity index (χ1) is 31.8. The molecular weight excluding hydrogens is 895 g/mol. The number of allylic oxidation sites excluding steroid dienone is 24. The van der Waals surface area contributed by atoms with E-state index < -0.39 is 27.8 Å². The fourth-order valence-corrected chi connectivity index (χ4v) is 5.92. The Kier molecular flexibility index (Phi) is 42.3. The molecule has 1 saturated carbocycles. The maximum atomic E-state index is 10.8. The zero-order valence-electron chi connectivity index (χ0n) is 40.5. The summed E-state index contributed by atoms with van der Waals surface area (Å²) in [5.74, 6) is -2.62. The molecule has 1 aliphatic carbocycles. The van der Waals surface area contributed by atoms with Gasteiger partial charge in [0.1, 0.15) is 15.7 Å². The summed E-state index contributed by atoms with van der Waals surface area (Å²) in [5, 5.41) is 31.2. The minimum Gasteiger partial charge on any atom is -0.550 e. The van der Waals surface area contributed by atoms with E-state index in [0.717, 1.165) is 89.0 Å². The second-order valence-corrected chi connectivity index (χ2v) is 17.2. The van der Waals surface area contributed by atoms with Gasteiger partial charge in [-0.3, -0.25) is 0 Å². The number of alkyl halides is 2. The average Bonchev–Trinajstić information content (AvgIpc) is 3.92. The fourth-order valence-electron chi connectivity index (χ4n) is 5.36. The number of carbonyl (C=O) groups excluding carboxylic acids is 3. The standard InChI is InChI=1S/2C22H32O2.C13H14Cl2O3.Al/c2*1-2-3-4-5-6-7-8-9-10-11-12-13-14-15-16-17-18-19-20-21-22(23)24;1-12(2,11(16)17)18-9-5-3-8(4-6-9)10-7-13(10,14)15;/h2*3-4,6-7,9-10,12-13,15-16,18-19H,2,5,8,11,14,17,20-21H2,1H3,(H,23,24);3-6,10H,7H2,1-2H3,(H,16,17);/q;;;+3/p-3/b2*4-3+,7-6+,10-9+,13-12+,16-15+,19-18+;;. The number of hydrogen-bond donors (Lipinski definition) is 0. The SMILES string of the molecule is CC(C)(Oc1ccc(C2CC2(Cl)Cl)cc1)C(=O)[O-].CC/C=C/C/C=C/C/C=C/C/C=C/C/C=C/C/C=C/CCC(=O)[O-].CC/C=C/C/C=C/C/C=C/C/C=C/C/C=C/C/C=C/CCC(=O)[O-].[Al+3]. The summed E-state index contributed by atoms with van der Waals surface area (Å²) in [4.78, 5) is 31.2. The van der Waals surface area contributed by atoms with Crippen LogP contribution in [0.15, 0.2) is 170 Å². The quantitative estimate of drug-likeness (QED) is 0.0399. The van der Waals surface area contributed by atoms with Crippen molar-refractivity contribution in [1.82, 2.24) is 0 Å². The van der Waals surface area contributed by atoms with Crippen molar-refractivity contribution in [2.45, 2.75) is 153 Å². The maximum Gasteiger partial charge on any atom is 3.00 e. The van der Waals surface area contributed by atoms with Crippen LogP contribution in [-0.2, 0) is 14.4 Å². The van der Waals surface area contributed by atoms with Crippen LogP contribution in [0.1, 0.15) is 148 Å². The van der Waals surface area contributed by atoms with Crippen molar-refractivity contribution >= 4 is 58.5 Å². The van der Waals surface area contributed by atoms with Crippen molar-refractivity contribution in [2.24, 2.45) is 0 Å². The van der Waals surface area contributed by atoms with Crippen LogP contribution in [-0.4, -0.2) is 45.2 Å². The van der Waals surface area contributed by atoms with E-state index in [0.29, 0.717) is 18.6 Å². The van der Waals surface area contributed by atoms with Crippen molar-refractivity contribution in [2.75, 3.05) is 0 Å². The van der Waals surface area contributed by atoms with Gasteiger partial charge in [-0.2, -0.15) is 0 Å². The van der Waals surface area contributed by atoms with Gasteiger partial charge in [0.2, 0.25) is 0 Å². The summed E-state index contributed by atoms with van der Waals surface area (Å²) in [6, 6.07) is 7.11. The molecule has 0 spiro atoms. The van der Waals surface area contributed by atoms with E-state index in [1.165, 1.54) is 13.8 Å². The molecule has 1 unspecified atom stereocenters. The summed E-state index contributed by atoms with van der Waals surface area (Å²) < 4.78 is 4.68. The summed E-state index contributed by atoms with van der Waals surface area (Å²) >= 11 is 12.0. The second kappa shape index (κ2) is 44.0. The summed E-state index contributed by atoms with van der Waals surface area (Å²) in [6.45, 7) is 7.18. The van der Waals surface area contributed by atoms with E-state index in [-0.39, 0.29) is 36.1 Å². The molecule has 2 rings (SSSR count). The van der Waals surface area contributed by atoms with Crippen molar-refractivity contribution in [1.29, 1.82) is 0 Å². The number of aliphatic carboxylic acids is 3. The molecule has 1 aliphatic rings. The smallest absolute Gasteiger partial charge is 0.550 e. The van der Waals surface area contributed by atoms with Crippen LogP contribution < -0.4 is 20.1 Å². The fraction of sp³-hybridized carbons (Fsp3) is 0.421. The number of halogens is 2. The van der Waals surface area contributed by atoms with Gasteiger partial charge in [0.05, 0.1) is 5.97 Å². The van der Waals surface area contributed by atoms with Gasteiger partial charge < -0.3 is 34.4 Å². The molecule has 0 saturated heterocycles. The van der Waals surface area contributed by atoms with Crippen molar-refractivity contribution in [3.05, 3.63) is 176 Å². The molecular formula is C57H75AlCl2O7. The van der Waals surface area contributed by atoms with Gasteiger partial charge in [-0.15, -0.1) is 23.2 Å². The molecule has 0 bridgehead atoms. The molecule has 0 aromatic heterocycles.